The van der Waals surface area contributed by atoms with Gasteiger partial charge in [-0.25, -0.2) is 0 Å². The first-order valence-corrected chi connectivity index (χ1v) is 7.20. The van der Waals surface area contributed by atoms with Crippen LogP contribution in [0.2, 0.25) is 0 Å². The van der Waals surface area contributed by atoms with Gasteiger partial charge in [-0.1, -0.05) is 22.4 Å². The molecule has 0 radical (unpaired) electrons. The first-order chi connectivity index (χ1) is 8.23. The monoisotopic (exact) mass is 295 g/mol. The van der Waals surface area contributed by atoms with E-state index in [1.54, 1.807) is 0 Å². The molecule has 92 valence electrons. The molecule has 3 rings (SSSR count). The van der Waals surface area contributed by atoms with Gasteiger partial charge in [-0.15, -0.1) is 0 Å². The maximum Gasteiger partial charge on any atom is 0.123 e. The average molecular weight is 296 g/mol. The number of rotatable bonds is 4. The van der Waals surface area contributed by atoms with E-state index >= 15 is 0 Å². The lowest BCUT2D eigenvalue weighted by atomic mass is 9.64. The lowest BCUT2D eigenvalue weighted by Crippen LogP contribution is -2.41. The number of hydrogen-bond donors (Lipinski definition) is 1. The predicted octanol–water partition coefficient (Wildman–Crippen LogP) is 3.37. The third-order valence-corrected chi connectivity index (χ3v) is 4.53. The number of ether oxygens (including phenoxy) is 1. The van der Waals surface area contributed by atoms with Gasteiger partial charge in [0.15, 0.2) is 0 Å². The summed E-state index contributed by atoms with van der Waals surface area (Å²) in [5.41, 5.74) is 7.48. The number of hydrogen-bond acceptors (Lipinski definition) is 2. The summed E-state index contributed by atoms with van der Waals surface area (Å²) in [7, 11) is 0. The second-order valence-electron chi connectivity index (χ2n) is 5.30. The summed E-state index contributed by atoms with van der Waals surface area (Å²) in [4.78, 5) is 0. The molecule has 2 fully saturated rings. The van der Waals surface area contributed by atoms with E-state index in [9.17, 15) is 0 Å². The van der Waals surface area contributed by atoms with Crippen LogP contribution in [-0.4, -0.2) is 12.6 Å². The van der Waals surface area contributed by atoms with Gasteiger partial charge in [0.25, 0.3) is 0 Å². The van der Waals surface area contributed by atoms with Crippen LogP contribution in [-0.2, 0) is 5.41 Å². The summed E-state index contributed by atoms with van der Waals surface area (Å²) in [6.45, 7) is 0.727. The highest BCUT2D eigenvalue weighted by atomic mass is 79.9. The van der Waals surface area contributed by atoms with Crippen molar-refractivity contribution in [1.82, 2.24) is 0 Å². The van der Waals surface area contributed by atoms with Gasteiger partial charge >= 0.3 is 0 Å². The number of benzene rings is 1. The topological polar surface area (TPSA) is 35.2 Å². The fraction of sp³-hybridized carbons (Fsp3) is 0.571. The summed E-state index contributed by atoms with van der Waals surface area (Å²) < 4.78 is 7.14. The van der Waals surface area contributed by atoms with Crippen LogP contribution in [0.4, 0.5) is 0 Å². The summed E-state index contributed by atoms with van der Waals surface area (Å²) in [6.07, 6.45) is 6.52. The van der Waals surface area contributed by atoms with E-state index in [1.807, 2.05) is 0 Å². The maximum absolute atomic E-state index is 6.02. The van der Waals surface area contributed by atoms with Crippen molar-refractivity contribution in [3.05, 3.63) is 28.2 Å². The highest BCUT2D eigenvalue weighted by molar-refractivity contribution is 9.10. The molecule has 3 heteroatoms. The minimum Gasteiger partial charge on any atom is -0.490 e. The Morgan fingerprint density at radius 2 is 2.12 bits per heavy atom. The van der Waals surface area contributed by atoms with Crippen LogP contribution in [0, 0.1) is 0 Å². The molecular formula is C14H18BrNO. The molecule has 0 atom stereocenters. The van der Waals surface area contributed by atoms with E-state index in [1.165, 1.54) is 37.7 Å². The van der Waals surface area contributed by atoms with E-state index < -0.39 is 0 Å². The molecule has 2 nitrogen and oxygen atoms in total. The molecule has 0 aromatic heterocycles. The molecule has 2 aliphatic carbocycles. The average Bonchev–Trinajstić information content (AvgIpc) is 3.05. The molecule has 0 amide bonds. The number of halogens is 1. The molecule has 0 saturated heterocycles. The minimum atomic E-state index is 0.175. The second kappa shape index (κ2) is 4.29. The molecule has 1 aromatic rings. The Hall–Kier alpha value is -0.540. The summed E-state index contributed by atoms with van der Waals surface area (Å²) >= 11 is 3.56. The molecular weight excluding hydrogens is 278 g/mol. The van der Waals surface area contributed by atoms with Crippen LogP contribution in [0.1, 0.15) is 37.7 Å². The Morgan fingerprint density at radius 1 is 1.35 bits per heavy atom. The third kappa shape index (κ3) is 2.11. The van der Waals surface area contributed by atoms with E-state index in [0.29, 0.717) is 6.10 Å². The molecule has 17 heavy (non-hydrogen) atoms. The molecule has 0 aliphatic heterocycles. The second-order valence-corrected chi connectivity index (χ2v) is 6.21. The smallest absolute Gasteiger partial charge is 0.123 e. The molecule has 0 spiro atoms. The zero-order valence-corrected chi connectivity index (χ0v) is 11.5. The van der Waals surface area contributed by atoms with E-state index in [2.05, 4.69) is 34.1 Å². The zero-order chi connectivity index (χ0) is 11.9. The van der Waals surface area contributed by atoms with Crippen LogP contribution >= 0.6 is 15.9 Å². The largest absolute Gasteiger partial charge is 0.490 e. The van der Waals surface area contributed by atoms with Gasteiger partial charge in [-0.05, 0) is 43.9 Å². The van der Waals surface area contributed by atoms with Gasteiger partial charge in [0.05, 0.1) is 6.10 Å². The van der Waals surface area contributed by atoms with Crippen molar-refractivity contribution in [3.63, 3.8) is 0 Å². The fourth-order valence-corrected chi connectivity index (χ4v) is 2.93. The molecule has 2 N–H and O–H groups in total. The molecule has 0 unspecified atom stereocenters. The van der Waals surface area contributed by atoms with Gasteiger partial charge in [0.1, 0.15) is 5.75 Å². The van der Waals surface area contributed by atoms with Crippen molar-refractivity contribution < 1.29 is 4.74 Å². The third-order valence-electron chi connectivity index (χ3n) is 4.03. The molecule has 1 aromatic carbocycles. The van der Waals surface area contributed by atoms with Gasteiger partial charge < -0.3 is 10.5 Å². The van der Waals surface area contributed by atoms with Gasteiger partial charge in [0, 0.05) is 22.0 Å². The SMILES string of the molecule is NCC1(c2cc(Br)ccc2OC2CC2)CCC1. The summed E-state index contributed by atoms with van der Waals surface area (Å²) in [5.74, 6) is 1.06. The fourth-order valence-electron chi connectivity index (χ4n) is 2.57. The molecule has 0 heterocycles. The minimum absolute atomic E-state index is 0.175. The van der Waals surface area contributed by atoms with Crippen LogP contribution < -0.4 is 10.5 Å². The van der Waals surface area contributed by atoms with Gasteiger partial charge in [0.2, 0.25) is 0 Å². The van der Waals surface area contributed by atoms with Crippen LogP contribution in [0.25, 0.3) is 0 Å². The quantitative estimate of drug-likeness (QED) is 0.924. The molecule has 2 aliphatic rings. The van der Waals surface area contributed by atoms with Crippen LogP contribution in [0.15, 0.2) is 22.7 Å². The summed E-state index contributed by atoms with van der Waals surface area (Å²) in [5, 5.41) is 0. The zero-order valence-electron chi connectivity index (χ0n) is 9.92. The van der Waals surface area contributed by atoms with Crippen molar-refractivity contribution in [3.8, 4) is 5.75 Å². The van der Waals surface area contributed by atoms with Crippen LogP contribution in [0.3, 0.4) is 0 Å². The first kappa shape index (κ1) is 11.5. The Balaban J connectivity index is 1.96. The van der Waals surface area contributed by atoms with Crippen molar-refractivity contribution in [2.75, 3.05) is 6.54 Å². The lowest BCUT2D eigenvalue weighted by Gasteiger charge is -2.42. The highest BCUT2D eigenvalue weighted by Crippen LogP contribution is 2.47. The number of nitrogens with two attached hydrogens (primary N) is 1. The lowest BCUT2D eigenvalue weighted by molar-refractivity contribution is 0.231. The van der Waals surface area contributed by atoms with Gasteiger partial charge in [-0.3, -0.25) is 0 Å². The van der Waals surface area contributed by atoms with Crippen LogP contribution in [0.5, 0.6) is 5.75 Å². The standard InChI is InChI=1S/C14H18BrNO/c15-10-2-5-13(17-11-3-4-11)12(8-10)14(9-16)6-1-7-14/h2,5,8,11H,1,3-4,6-7,9,16H2. The first-order valence-electron chi connectivity index (χ1n) is 6.40. The van der Waals surface area contributed by atoms with Crippen molar-refractivity contribution in [2.45, 2.75) is 43.6 Å². The maximum atomic E-state index is 6.02. The van der Waals surface area contributed by atoms with Crippen molar-refractivity contribution >= 4 is 15.9 Å². The normalized spacial score (nSPS) is 22.0. The van der Waals surface area contributed by atoms with Gasteiger partial charge in [-0.2, -0.15) is 0 Å². The molecule has 2 saturated carbocycles. The molecule has 0 bridgehead atoms. The predicted molar refractivity (Wildman–Crippen MR) is 72.4 cm³/mol. The van der Waals surface area contributed by atoms with Crippen molar-refractivity contribution in [1.29, 1.82) is 0 Å². The van der Waals surface area contributed by atoms with E-state index in [0.717, 1.165) is 16.8 Å². The Bertz CT molecular complexity index is 419. The summed E-state index contributed by atoms with van der Waals surface area (Å²) in [6, 6.07) is 6.35. The Kier molecular flexibility index (Phi) is 2.91. The Morgan fingerprint density at radius 3 is 2.65 bits per heavy atom. The van der Waals surface area contributed by atoms with Crippen molar-refractivity contribution in [2.24, 2.45) is 5.73 Å². The van der Waals surface area contributed by atoms with E-state index in [-0.39, 0.29) is 5.41 Å². The highest BCUT2D eigenvalue weighted by Gasteiger charge is 2.40. The van der Waals surface area contributed by atoms with E-state index in [4.69, 9.17) is 10.5 Å². The Labute approximate surface area is 111 Å².